The molecule has 1 saturated heterocycles. The van der Waals surface area contributed by atoms with Crippen LogP contribution in [-0.2, 0) is 4.74 Å². The highest BCUT2D eigenvalue weighted by Crippen LogP contribution is 2.24. The first-order valence-corrected chi connectivity index (χ1v) is 9.26. The van der Waals surface area contributed by atoms with Crippen molar-refractivity contribution in [3.8, 4) is 5.75 Å². The number of alkyl halides is 3. The second-order valence-corrected chi connectivity index (χ2v) is 6.74. The molecule has 1 atom stereocenters. The molecule has 0 amide bonds. The first kappa shape index (κ1) is 21.4. The van der Waals surface area contributed by atoms with Crippen molar-refractivity contribution < 1.29 is 22.6 Å². The van der Waals surface area contributed by atoms with Crippen LogP contribution in [0.3, 0.4) is 0 Å². The van der Waals surface area contributed by atoms with E-state index in [1.807, 2.05) is 0 Å². The van der Waals surface area contributed by atoms with E-state index in [-0.39, 0.29) is 11.6 Å². The molecule has 2 aromatic rings. The average molecular weight is 421 g/mol. The highest BCUT2D eigenvalue weighted by atomic mass is 19.4. The van der Waals surface area contributed by atoms with Crippen molar-refractivity contribution in [3.63, 3.8) is 0 Å². The predicted octanol–water partition coefficient (Wildman–Crippen LogP) is 3.59. The van der Waals surface area contributed by atoms with E-state index in [2.05, 4.69) is 20.4 Å². The summed E-state index contributed by atoms with van der Waals surface area (Å²) in [5.41, 5.74) is 7.31. The lowest BCUT2D eigenvalue weighted by Crippen LogP contribution is -2.35. The highest BCUT2D eigenvalue weighted by molar-refractivity contribution is 6.07. The molecule has 10 heteroatoms. The molecule has 0 aromatic heterocycles. The number of benzene rings is 2. The second kappa shape index (κ2) is 9.49. The lowest BCUT2D eigenvalue weighted by atomic mass is 10.1. The highest BCUT2D eigenvalue weighted by Gasteiger charge is 2.31. The van der Waals surface area contributed by atoms with E-state index in [0.717, 1.165) is 6.42 Å². The number of nitrogens with two attached hydrogens (primary N) is 1. The number of rotatable bonds is 5. The van der Waals surface area contributed by atoms with Crippen LogP contribution in [0.15, 0.2) is 53.5 Å². The van der Waals surface area contributed by atoms with Gasteiger partial charge in [0.05, 0.1) is 6.61 Å². The van der Waals surface area contributed by atoms with Gasteiger partial charge in [0.15, 0.2) is 5.84 Å². The topological polar surface area (TPSA) is 105 Å². The molecule has 3 rings (SSSR count). The van der Waals surface area contributed by atoms with Crippen LogP contribution in [0.4, 0.5) is 24.5 Å². The number of aliphatic imine (C=N–C) groups is 1. The van der Waals surface area contributed by atoms with Crippen LogP contribution in [0, 0.1) is 11.3 Å². The number of hydrogen-bond acceptors (Lipinski definition) is 4. The number of hydrogen-bond donors (Lipinski definition) is 4. The van der Waals surface area contributed by atoms with Crippen molar-refractivity contribution in [1.82, 2.24) is 5.32 Å². The minimum absolute atomic E-state index is 0.00435. The third kappa shape index (κ3) is 6.66. The quantitative estimate of drug-likeness (QED) is 0.336. The number of nitrogens with one attached hydrogen (secondary N) is 3. The van der Waals surface area contributed by atoms with Gasteiger partial charge in [0.1, 0.15) is 5.75 Å². The van der Waals surface area contributed by atoms with Crippen molar-refractivity contribution in [1.29, 1.82) is 5.41 Å². The average Bonchev–Trinajstić information content (AvgIpc) is 3.20. The normalized spacial score (nSPS) is 16.9. The van der Waals surface area contributed by atoms with E-state index in [0.29, 0.717) is 48.6 Å². The molecule has 2 aromatic carbocycles. The van der Waals surface area contributed by atoms with Crippen LogP contribution in [0.5, 0.6) is 5.75 Å². The molecular formula is C20H22F3N5O2. The third-order valence-electron chi connectivity index (χ3n) is 4.34. The van der Waals surface area contributed by atoms with E-state index in [1.165, 1.54) is 24.3 Å². The molecule has 0 bridgehead atoms. The molecule has 0 saturated carbocycles. The zero-order valence-electron chi connectivity index (χ0n) is 16.0. The van der Waals surface area contributed by atoms with Crippen molar-refractivity contribution in [3.05, 3.63) is 54.1 Å². The van der Waals surface area contributed by atoms with Crippen LogP contribution in [-0.4, -0.2) is 37.9 Å². The van der Waals surface area contributed by atoms with Crippen molar-refractivity contribution >= 4 is 23.2 Å². The van der Waals surface area contributed by atoms with Gasteiger partial charge in [0, 0.05) is 36.0 Å². The molecule has 7 nitrogen and oxygen atoms in total. The summed E-state index contributed by atoms with van der Waals surface area (Å²) in [4.78, 5) is 4.30. The number of ether oxygens (including phenoxy) is 2. The number of guanidine groups is 1. The Labute approximate surface area is 171 Å². The molecule has 30 heavy (non-hydrogen) atoms. The summed E-state index contributed by atoms with van der Waals surface area (Å²) in [6.45, 7) is 1.92. The van der Waals surface area contributed by atoms with E-state index >= 15 is 0 Å². The van der Waals surface area contributed by atoms with Crippen LogP contribution in [0.25, 0.3) is 0 Å². The second-order valence-electron chi connectivity index (χ2n) is 6.74. The number of amidine groups is 1. The Morgan fingerprint density at radius 1 is 1.17 bits per heavy atom. The van der Waals surface area contributed by atoms with Gasteiger partial charge >= 0.3 is 6.36 Å². The Morgan fingerprint density at radius 3 is 2.47 bits per heavy atom. The van der Waals surface area contributed by atoms with Gasteiger partial charge in [-0.3, -0.25) is 5.41 Å². The number of nitrogen functional groups attached to an aromatic ring is 1. The maximum atomic E-state index is 12.3. The molecular weight excluding hydrogens is 399 g/mol. The van der Waals surface area contributed by atoms with Gasteiger partial charge in [0.2, 0.25) is 5.96 Å². The Balaban J connectivity index is 1.72. The largest absolute Gasteiger partial charge is 0.573 e. The van der Waals surface area contributed by atoms with E-state index in [1.54, 1.807) is 24.3 Å². The van der Waals surface area contributed by atoms with Crippen molar-refractivity contribution in [2.75, 3.05) is 30.8 Å². The van der Waals surface area contributed by atoms with Gasteiger partial charge in [-0.2, -0.15) is 4.99 Å². The fourth-order valence-electron chi connectivity index (χ4n) is 2.79. The molecule has 1 aliphatic rings. The molecule has 160 valence electrons. The first-order chi connectivity index (χ1) is 14.3. The van der Waals surface area contributed by atoms with Crippen LogP contribution < -0.4 is 21.1 Å². The maximum absolute atomic E-state index is 12.3. The maximum Gasteiger partial charge on any atom is 0.573 e. The Hall–Kier alpha value is -3.27. The molecule has 5 N–H and O–H groups in total. The lowest BCUT2D eigenvalue weighted by molar-refractivity contribution is -0.274. The van der Waals surface area contributed by atoms with Gasteiger partial charge in [-0.05, 0) is 55.0 Å². The summed E-state index contributed by atoms with van der Waals surface area (Å²) in [7, 11) is 0. The Kier molecular flexibility index (Phi) is 6.78. The Bertz CT molecular complexity index is 877. The molecule has 1 unspecified atom stereocenters. The molecule has 0 spiro atoms. The standard InChI is InChI=1S/C20H22F3N5O2/c21-20(22,23)30-17-7-5-16(6-8-17)27-19(26-11-13-9-10-29-12-13)28-18(25)14-1-3-15(24)4-2-14/h1-8,13H,9-12,24H2,(H3,25,26,27,28). The molecule has 0 radical (unpaired) electrons. The Morgan fingerprint density at radius 2 is 1.87 bits per heavy atom. The monoisotopic (exact) mass is 421 g/mol. The number of halogens is 3. The van der Waals surface area contributed by atoms with E-state index in [9.17, 15) is 13.2 Å². The zero-order valence-corrected chi connectivity index (χ0v) is 16.0. The van der Waals surface area contributed by atoms with Crippen molar-refractivity contribution in [2.45, 2.75) is 12.8 Å². The molecule has 1 heterocycles. The van der Waals surface area contributed by atoms with Crippen molar-refractivity contribution in [2.24, 2.45) is 10.9 Å². The zero-order chi connectivity index (χ0) is 21.6. The van der Waals surface area contributed by atoms with Gasteiger partial charge in [-0.25, -0.2) is 0 Å². The minimum atomic E-state index is -4.75. The minimum Gasteiger partial charge on any atom is -0.406 e. The third-order valence-corrected chi connectivity index (χ3v) is 4.34. The summed E-state index contributed by atoms with van der Waals surface area (Å²) in [6, 6.07) is 12.0. The van der Waals surface area contributed by atoms with Crippen LogP contribution in [0.2, 0.25) is 0 Å². The summed E-state index contributed by atoms with van der Waals surface area (Å²) in [5, 5.41) is 14.4. The summed E-state index contributed by atoms with van der Waals surface area (Å²) in [6.07, 6.45) is -3.83. The summed E-state index contributed by atoms with van der Waals surface area (Å²) in [5.74, 6) is 0.292. The van der Waals surface area contributed by atoms with Gasteiger partial charge in [0.25, 0.3) is 0 Å². The summed E-state index contributed by atoms with van der Waals surface area (Å²) >= 11 is 0. The summed E-state index contributed by atoms with van der Waals surface area (Å²) < 4.78 is 46.2. The lowest BCUT2D eigenvalue weighted by Gasteiger charge is -2.16. The van der Waals surface area contributed by atoms with Crippen LogP contribution in [0.1, 0.15) is 12.0 Å². The van der Waals surface area contributed by atoms with Gasteiger partial charge < -0.3 is 25.8 Å². The van der Waals surface area contributed by atoms with Gasteiger partial charge in [-0.1, -0.05) is 0 Å². The molecule has 0 aliphatic carbocycles. The number of anilines is 2. The van der Waals surface area contributed by atoms with Crippen LogP contribution >= 0.6 is 0 Å². The smallest absolute Gasteiger partial charge is 0.406 e. The predicted molar refractivity (Wildman–Crippen MR) is 109 cm³/mol. The molecule has 1 fully saturated rings. The number of nitrogens with zero attached hydrogens (tertiary/aromatic N) is 1. The van der Waals surface area contributed by atoms with Gasteiger partial charge in [-0.15, -0.1) is 13.2 Å². The SMILES string of the molecule is N=C(/N=C(/NCC1CCOC1)Nc1ccc(OC(F)(F)F)cc1)c1ccc(N)cc1. The van der Waals surface area contributed by atoms with E-state index < -0.39 is 6.36 Å². The first-order valence-electron chi connectivity index (χ1n) is 9.26. The van der Waals surface area contributed by atoms with E-state index in [4.69, 9.17) is 15.9 Å². The fourth-order valence-corrected chi connectivity index (χ4v) is 2.79. The molecule has 1 aliphatic heterocycles. The fraction of sp³-hybridized carbons (Fsp3) is 0.300.